The van der Waals surface area contributed by atoms with Crippen molar-refractivity contribution in [1.29, 1.82) is 0 Å². The molecule has 2 aromatic rings. The van der Waals surface area contributed by atoms with Gasteiger partial charge in [-0.15, -0.1) is 0 Å². The first kappa shape index (κ1) is 22.7. The zero-order chi connectivity index (χ0) is 21.6. The van der Waals surface area contributed by atoms with Gasteiger partial charge in [-0.2, -0.15) is 13.2 Å². The number of aryl methyl sites for hydroxylation is 1. The van der Waals surface area contributed by atoms with Crippen molar-refractivity contribution < 1.29 is 27.4 Å². The highest BCUT2D eigenvalue weighted by Crippen LogP contribution is 2.31. The highest BCUT2D eigenvalue weighted by Gasteiger charge is 2.29. The number of methoxy groups -OCH3 is 1. The average molecular weight is 431 g/mol. The molecule has 0 heterocycles. The molecule has 1 N–H and O–H groups in total. The van der Waals surface area contributed by atoms with Crippen molar-refractivity contribution in [3.05, 3.63) is 47.0 Å². The summed E-state index contributed by atoms with van der Waals surface area (Å²) in [6.45, 7) is -1.40. The predicted octanol–water partition coefficient (Wildman–Crippen LogP) is 4.93. The number of hydrogen-bond acceptors (Lipinski definition) is 4. The zero-order valence-electron chi connectivity index (χ0n) is 16.3. The molecule has 0 aliphatic carbocycles. The number of alkyl halides is 3. The number of nitrogens with one attached hydrogen (secondary N) is 1. The van der Waals surface area contributed by atoms with Crippen LogP contribution in [0.3, 0.4) is 0 Å². The minimum atomic E-state index is -4.44. The zero-order valence-corrected chi connectivity index (χ0v) is 17.0. The van der Waals surface area contributed by atoms with Gasteiger partial charge in [0.1, 0.15) is 0 Å². The minimum Gasteiger partial charge on any atom is -0.493 e. The number of ether oxygens (including phenoxy) is 2. The lowest BCUT2D eigenvalue weighted by molar-refractivity contribution is -0.153. The van der Waals surface area contributed by atoms with Crippen molar-refractivity contribution in [3.63, 3.8) is 0 Å². The third kappa shape index (κ3) is 7.05. The van der Waals surface area contributed by atoms with Crippen LogP contribution in [0, 0.1) is 0 Å². The van der Waals surface area contributed by atoms with E-state index >= 15 is 0 Å². The second-order valence-electron chi connectivity index (χ2n) is 6.49. The predicted molar refractivity (Wildman–Crippen MR) is 107 cm³/mol. The Bertz CT molecular complexity index is 857. The van der Waals surface area contributed by atoms with Gasteiger partial charge in [0.25, 0.3) is 0 Å². The Kier molecular flexibility index (Phi) is 7.61. The fraction of sp³-hybridized carbons (Fsp3) is 0.350. The van der Waals surface area contributed by atoms with E-state index in [1.807, 2.05) is 25.1 Å². The Morgan fingerprint density at radius 2 is 1.86 bits per heavy atom. The van der Waals surface area contributed by atoms with Gasteiger partial charge in [0.15, 0.2) is 18.1 Å². The molecule has 0 saturated heterocycles. The van der Waals surface area contributed by atoms with Crippen LogP contribution in [-0.4, -0.2) is 39.9 Å². The number of rotatable bonds is 8. The van der Waals surface area contributed by atoms with E-state index in [1.165, 1.54) is 13.2 Å². The van der Waals surface area contributed by atoms with E-state index in [1.54, 1.807) is 24.3 Å². The van der Waals surface area contributed by atoms with E-state index in [4.69, 9.17) is 21.1 Å². The highest BCUT2D eigenvalue weighted by molar-refractivity contribution is 6.31. The molecule has 158 valence electrons. The maximum atomic E-state index is 12.4. The van der Waals surface area contributed by atoms with Crippen molar-refractivity contribution in [2.24, 2.45) is 0 Å². The van der Waals surface area contributed by atoms with Gasteiger partial charge in [0.05, 0.1) is 18.5 Å². The first-order chi connectivity index (χ1) is 13.6. The summed E-state index contributed by atoms with van der Waals surface area (Å²) in [5.41, 5.74) is 2.15. The summed E-state index contributed by atoms with van der Waals surface area (Å²) in [5, 5.41) is 3.34. The lowest BCUT2D eigenvalue weighted by atomic mass is 10.1. The number of nitrogens with zero attached hydrogens (tertiary/aromatic N) is 1. The van der Waals surface area contributed by atoms with Gasteiger partial charge in [0, 0.05) is 25.5 Å². The number of carbonyl (C=O) groups excluding carboxylic acids is 1. The largest absolute Gasteiger partial charge is 0.493 e. The molecule has 2 aromatic carbocycles. The molecule has 0 saturated carbocycles. The standard InChI is InChI=1S/C20H22ClF3N2O3/c1-26(2)16-7-6-14(21)11-15(16)25-19(27)9-5-13-4-8-17(18(10-13)28-3)29-12-20(22,23)24/h4,6-8,10-11H,5,9,12H2,1-3H3,(H,25,27). The summed E-state index contributed by atoms with van der Waals surface area (Å²) in [4.78, 5) is 14.2. The number of anilines is 2. The normalized spacial score (nSPS) is 11.1. The molecule has 29 heavy (non-hydrogen) atoms. The van der Waals surface area contributed by atoms with Crippen molar-refractivity contribution in [2.75, 3.05) is 38.0 Å². The number of amides is 1. The molecule has 9 heteroatoms. The van der Waals surface area contributed by atoms with Crippen molar-refractivity contribution in [3.8, 4) is 11.5 Å². The molecule has 0 spiro atoms. The van der Waals surface area contributed by atoms with Crippen molar-refractivity contribution in [1.82, 2.24) is 0 Å². The van der Waals surface area contributed by atoms with E-state index in [0.29, 0.717) is 17.1 Å². The molecule has 0 unspecified atom stereocenters. The van der Waals surface area contributed by atoms with Crippen molar-refractivity contribution in [2.45, 2.75) is 19.0 Å². The number of carbonyl (C=O) groups is 1. The van der Waals surface area contributed by atoms with E-state index in [0.717, 1.165) is 11.3 Å². The lowest BCUT2D eigenvalue weighted by Crippen LogP contribution is -2.19. The van der Waals surface area contributed by atoms with Crippen LogP contribution in [0.2, 0.25) is 5.02 Å². The molecule has 0 aliphatic rings. The summed E-state index contributed by atoms with van der Waals surface area (Å²) >= 11 is 6.01. The van der Waals surface area contributed by atoms with Crippen LogP contribution in [0.1, 0.15) is 12.0 Å². The van der Waals surface area contributed by atoms with Gasteiger partial charge in [-0.3, -0.25) is 4.79 Å². The average Bonchev–Trinajstić information content (AvgIpc) is 2.64. The van der Waals surface area contributed by atoms with Crippen LogP contribution < -0.4 is 19.7 Å². The van der Waals surface area contributed by atoms with Gasteiger partial charge < -0.3 is 19.7 Å². The summed E-state index contributed by atoms with van der Waals surface area (Å²) < 4.78 is 46.8. The fourth-order valence-electron chi connectivity index (χ4n) is 2.62. The summed E-state index contributed by atoms with van der Waals surface area (Å²) in [7, 11) is 5.05. The van der Waals surface area contributed by atoms with Crippen LogP contribution in [0.15, 0.2) is 36.4 Å². The maximum Gasteiger partial charge on any atom is 0.422 e. The quantitative estimate of drug-likeness (QED) is 0.645. The molecule has 0 fully saturated rings. The third-order valence-corrected chi connectivity index (χ3v) is 4.21. The third-order valence-electron chi connectivity index (χ3n) is 3.97. The topological polar surface area (TPSA) is 50.8 Å². The van der Waals surface area contributed by atoms with Crippen molar-refractivity contribution >= 4 is 28.9 Å². The van der Waals surface area contributed by atoms with Gasteiger partial charge in [-0.05, 0) is 42.3 Å². The highest BCUT2D eigenvalue weighted by atomic mass is 35.5. The van der Waals surface area contributed by atoms with E-state index in [-0.39, 0.29) is 23.8 Å². The fourth-order valence-corrected chi connectivity index (χ4v) is 2.79. The smallest absolute Gasteiger partial charge is 0.422 e. The molecule has 0 radical (unpaired) electrons. The molecule has 1 amide bonds. The summed E-state index contributed by atoms with van der Waals surface area (Å²) in [5.74, 6) is -0.0452. The van der Waals surface area contributed by atoms with E-state index in [2.05, 4.69) is 5.32 Å². The Morgan fingerprint density at radius 3 is 2.48 bits per heavy atom. The molecule has 0 atom stereocenters. The van der Waals surface area contributed by atoms with Crippen LogP contribution in [0.4, 0.5) is 24.5 Å². The Hall–Kier alpha value is -2.61. The van der Waals surface area contributed by atoms with Crippen LogP contribution in [0.5, 0.6) is 11.5 Å². The summed E-state index contributed by atoms with van der Waals surface area (Å²) in [6, 6.07) is 9.78. The van der Waals surface area contributed by atoms with Gasteiger partial charge in [0.2, 0.25) is 5.91 Å². The van der Waals surface area contributed by atoms with E-state index in [9.17, 15) is 18.0 Å². The molecule has 2 rings (SSSR count). The maximum absolute atomic E-state index is 12.4. The minimum absolute atomic E-state index is 0.00687. The molecular formula is C20H22ClF3N2O3. The number of hydrogen-bond donors (Lipinski definition) is 1. The molecular weight excluding hydrogens is 409 g/mol. The first-order valence-corrected chi connectivity index (χ1v) is 9.10. The Labute approximate surface area is 172 Å². The lowest BCUT2D eigenvalue weighted by Gasteiger charge is -2.18. The van der Waals surface area contributed by atoms with Gasteiger partial charge >= 0.3 is 6.18 Å². The monoisotopic (exact) mass is 430 g/mol. The molecule has 5 nitrogen and oxygen atoms in total. The van der Waals surface area contributed by atoms with Crippen LogP contribution in [-0.2, 0) is 11.2 Å². The second kappa shape index (κ2) is 9.73. The van der Waals surface area contributed by atoms with Gasteiger partial charge in [-0.25, -0.2) is 0 Å². The van der Waals surface area contributed by atoms with Gasteiger partial charge in [-0.1, -0.05) is 17.7 Å². The summed E-state index contributed by atoms with van der Waals surface area (Å²) in [6.07, 6.45) is -3.89. The number of benzene rings is 2. The second-order valence-corrected chi connectivity index (χ2v) is 6.93. The first-order valence-electron chi connectivity index (χ1n) is 8.72. The molecule has 0 bridgehead atoms. The SMILES string of the molecule is COc1cc(CCC(=O)Nc2cc(Cl)ccc2N(C)C)ccc1OCC(F)(F)F. The number of halogens is 4. The van der Waals surface area contributed by atoms with Crippen LogP contribution in [0.25, 0.3) is 0 Å². The Morgan fingerprint density at radius 1 is 1.14 bits per heavy atom. The molecule has 0 aliphatic heterocycles. The van der Waals surface area contributed by atoms with Crippen LogP contribution >= 0.6 is 11.6 Å². The molecule has 0 aromatic heterocycles. The van der Waals surface area contributed by atoms with E-state index < -0.39 is 12.8 Å². The Balaban J connectivity index is 2.01.